The first kappa shape index (κ1) is 20.3. The van der Waals surface area contributed by atoms with E-state index in [1.807, 2.05) is 17.2 Å². The highest BCUT2D eigenvalue weighted by atomic mass is 19.2. The second-order valence-corrected chi connectivity index (χ2v) is 9.36. The van der Waals surface area contributed by atoms with Crippen molar-refractivity contribution in [3.05, 3.63) is 70.8 Å². The third kappa shape index (κ3) is 3.77. The number of fused-ring (bicyclic) bond motifs is 2. The maximum Gasteiger partial charge on any atom is 0.223 e. The molecule has 4 nitrogen and oxygen atoms in total. The largest absolute Gasteiger partial charge is 0.331 e. The summed E-state index contributed by atoms with van der Waals surface area (Å²) in [5.74, 6) is -0.331. The van der Waals surface area contributed by atoms with Crippen LogP contribution in [0.3, 0.4) is 0 Å². The number of carbonyl (C=O) groups is 1. The highest BCUT2D eigenvalue weighted by molar-refractivity contribution is 5.77. The highest BCUT2D eigenvalue weighted by Gasteiger charge is 2.37. The average molecular weight is 424 g/mol. The van der Waals surface area contributed by atoms with Crippen molar-refractivity contribution in [1.82, 2.24) is 14.9 Å². The van der Waals surface area contributed by atoms with E-state index >= 15 is 0 Å². The third-order valence-electron chi connectivity index (χ3n) is 7.25. The van der Waals surface area contributed by atoms with Crippen molar-refractivity contribution < 1.29 is 13.6 Å². The lowest BCUT2D eigenvalue weighted by Crippen LogP contribution is -2.29. The number of hydrogen-bond donors (Lipinski definition) is 0. The number of hydrogen-bond acceptors (Lipinski definition) is 3. The zero-order chi connectivity index (χ0) is 21.7. The van der Waals surface area contributed by atoms with Crippen molar-refractivity contribution in [2.45, 2.75) is 64.0 Å². The molecule has 0 N–H and O–H groups in total. The molecule has 4 unspecified atom stereocenters. The summed E-state index contributed by atoms with van der Waals surface area (Å²) in [5.41, 5.74) is 4.54. The summed E-state index contributed by atoms with van der Waals surface area (Å²) >= 11 is 0. The van der Waals surface area contributed by atoms with Gasteiger partial charge in [-0.15, -0.1) is 6.58 Å². The minimum atomic E-state index is -0.817. The number of carbonyl (C=O) groups excluding carboxylic acids is 1. The summed E-state index contributed by atoms with van der Waals surface area (Å²) in [4.78, 5) is 24.4. The first-order chi connectivity index (χ1) is 14.9. The number of benzene rings is 1. The predicted octanol–water partition coefficient (Wildman–Crippen LogP) is 5.03. The molecule has 5 rings (SSSR count). The van der Waals surface area contributed by atoms with E-state index in [0.717, 1.165) is 41.1 Å². The molecule has 0 radical (unpaired) electrons. The fourth-order valence-corrected chi connectivity index (χ4v) is 5.31. The Morgan fingerprint density at radius 2 is 2.03 bits per heavy atom. The van der Waals surface area contributed by atoms with E-state index in [4.69, 9.17) is 4.98 Å². The molecular formula is C25H27F2N3O. The lowest BCUT2D eigenvalue weighted by molar-refractivity contribution is -0.133. The monoisotopic (exact) mass is 423 g/mol. The number of halogens is 2. The molecule has 2 aliphatic carbocycles. The maximum absolute atomic E-state index is 13.9. The van der Waals surface area contributed by atoms with E-state index in [1.165, 1.54) is 12.1 Å². The molecule has 1 aromatic carbocycles. The fraction of sp³-hybridized carbons (Fsp3) is 0.480. The van der Waals surface area contributed by atoms with Crippen molar-refractivity contribution in [3.63, 3.8) is 0 Å². The standard InChI is InChI=1S/C25H27F2N3O/c1-3-4-15(17-6-5-16-8-20(26)21(27)10-19(16)17)9-25(31)30-12-23-24(13-30)29-22(11-28-23)18-7-14(18)2/h3,8,10-11,14-15,17-18H,1,4-7,9,12-13H2,2H3. The molecule has 1 fully saturated rings. The number of allylic oxidation sites excluding steroid dienone is 1. The van der Waals surface area contributed by atoms with Crippen molar-refractivity contribution in [3.8, 4) is 0 Å². The number of amides is 1. The fourth-order valence-electron chi connectivity index (χ4n) is 5.31. The van der Waals surface area contributed by atoms with Gasteiger partial charge in [0.05, 0.1) is 30.2 Å². The molecule has 31 heavy (non-hydrogen) atoms. The van der Waals surface area contributed by atoms with Gasteiger partial charge in [-0.25, -0.2) is 8.78 Å². The first-order valence-corrected chi connectivity index (χ1v) is 11.2. The molecule has 162 valence electrons. The smallest absolute Gasteiger partial charge is 0.223 e. The Morgan fingerprint density at radius 3 is 2.77 bits per heavy atom. The van der Waals surface area contributed by atoms with Gasteiger partial charge in [0.1, 0.15) is 0 Å². The van der Waals surface area contributed by atoms with Crippen LogP contribution in [-0.4, -0.2) is 20.8 Å². The van der Waals surface area contributed by atoms with Gasteiger partial charge in [-0.05, 0) is 66.7 Å². The molecule has 0 spiro atoms. The van der Waals surface area contributed by atoms with E-state index in [2.05, 4.69) is 18.5 Å². The number of aryl methyl sites for hydroxylation is 1. The average Bonchev–Trinajstić information content (AvgIpc) is 3.14. The molecule has 6 heteroatoms. The van der Waals surface area contributed by atoms with Gasteiger partial charge < -0.3 is 4.90 Å². The molecule has 1 aromatic heterocycles. The molecule has 4 atom stereocenters. The van der Waals surface area contributed by atoms with Gasteiger partial charge in [0.15, 0.2) is 11.6 Å². The van der Waals surface area contributed by atoms with E-state index in [0.29, 0.717) is 44.2 Å². The Labute approximate surface area is 181 Å². The number of nitrogens with zero attached hydrogens (tertiary/aromatic N) is 3. The van der Waals surface area contributed by atoms with Gasteiger partial charge in [-0.2, -0.15) is 0 Å². The van der Waals surface area contributed by atoms with Crippen molar-refractivity contribution >= 4 is 5.91 Å². The van der Waals surface area contributed by atoms with Crippen molar-refractivity contribution in [2.24, 2.45) is 11.8 Å². The highest BCUT2D eigenvalue weighted by Crippen LogP contribution is 2.46. The Morgan fingerprint density at radius 1 is 1.29 bits per heavy atom. The van der Waals surface area contributed by atoms with Crippen molar-refractivity contribution in [1.29, 1.82) is 0 Å². The topological polar surface area (TPSA) is 46.1 Å². The third-order valence-corrected chi connectivity index (χ3v) is 7.25. The quantitative estimate of drug-likeness (QED) is 0.612. The van der Waals surface area contributed by atoms with Gasteiger partial charge >= 0.3 is 0 Å². The zero-order valence-corrected chi connectivity index (χ0v) is 17.8. The molecular weight excluding hydrogens is 396 g/mol. The number of aromatic nitrogens is 2. The van der Waals surface area contributed by atoms with E-state index in [9.17, 15) is 13.6 Å². The summed E-state index contributed by atoms with van der Waals surface area (Å²) in [5, 5.41) is 0. The van der Waals surface area contributed by atoms with E-state index in [1.54, 1.807) is 0 Å². The van der Waals surface area contributed by atoms with Crippen LogP contribution in [0, 0.1) is 23.5 Å². The van der Waals surface area contributed by atoms with Gasteiger partial charge in [0.25, 0.3) is 0 Å². The van der Waals surface area contributed by atoms with E-state index < -0.39 is 11.6 Å². The van der Waals surface area contributed by atoms with Crippen molar-refractivity contribution in [2.75, 3.05) is 0 Å². The lowest BCUT2D eigenvalue weighted by Gasteiger charge is -2.25. The van der Waals surface area contributed by atoms with Crippen LogP contribution in [0.5, 0.6) is 0 Å². The van der Waals surface area contributed by atoms with Gasteiger partial charge in [0, 0.05) is 18.5 Å². The zero-order valence-electron chi connectivity index (χ0n) is 17.8. The molecule has 3 aliphatic rings. The predicted molar refractivity (Wildman–Crippen MR) is 113 cm³/mol. The number of rotatable bonds is 6. The van der Waals surface area contributed by atoms with Gasteiger partial charge in [-0.1, -0.05) is 13.0 Å². The van der Waals surface area contributed by atoms with Crippen LogP contribution in [0.1, 0.15) is 72.7 Å². The summed E-state index contributed by atoms with van der Waals surface area (Å²) in [6, 6.07) is 2.63. The minimum Gasteiger partial charge on any atom is -0.331 e. The molecule has 1 aliphatic heterocycles. The summed E-state index contributed by atoms with van der Waals surface area (Å²) in [6.45, 7) is 7.06. The molecule has 0 saturated heterocycles. The normalized spacial score (nSPS) is 24.6. The molecule has 2 aromatic rings. The van der Waals surface area contributed by atoms with Crippen LogP contribution in [-0.2, 0) is 24.3 Å². The Bertz CT molecular complexity index is 1050. The van der Waals surface area contributed by atoms with Crippen LogP contribution in [0.2, 0.25) is 0 Å². The van der Waals surface area contributed by atoms with Crippen LogP contribution < -0.4 is 0 Å². The second-order valence-electron chi connectivity index (χ2n) is 9.36. The molecule has 2 heterocycles. The van der Waals surface area contributed by atoms with Crippen LogP contribution >= 0.6 is 0 Å². The molecule has 1 amide bonds. The first-order valence-electron chi connectivity index (χ1n) is 11.2. The minimum absolute atomic E-state index is 0.0172. The van der Waals surface area contributed by atoms with E-state index in [-0.39, 0.29) is 17.7 Å². The second kappa shape index (κ2) is 7.81. The summed E-state index contributed by atoms with van der Waals surface area (Å²) < 4.78 is 27.5. The lowest BCUT2D eigenvalue weighted by atomic mass is 9.82. The molecule has 1 saturated carbocycles. The van der Waals surface area contributed by atoms with Gasteiger partial charge in [-0.3, -0.25) is 14.8 Å². The SMILES string of the molecule is C=CCC(CC(=O)N1Cc2ncc(C3CC3C)nc2C1)C1CCc2cc(F)c(F)cc21. The molecule has 0 bridgehead atoms. The van der Waals surface area contributed by atoms with Gasteiger partial charge in [0.2, 0.25) is 5.91 Å². The van der Waals surface area contributed by atoms with Crippen LogP contribution in [0.15, 0.2) is 31.0 Å². The Kier molecular flexibility index (Phi) is 5.11. The van der Waals surface area contributed by atoms with Crippen LogP contribution in [0.25, 0.3) is 0 Å². The Hall–Kier alpha value is -2.63. The Balaban J connectivity index is 1.30. The summed E-state index contributed by atoms with van der Waals surface area (Å²) in [6.07, 6.45) is 7.38. The van der Waals surface area contributed by atoms with Crippen LogP contribution in [0.4, 0.5) is 8.78 Å². The summed E-state index contributed by atoms with van der Waals surface area (Å²) in [7, 11) is 0. The maximum atomic E-state index is 13.9.